The number of primary sulfonamides is 1. The van der Waals surface area contributed by atoms with Crippen molar-refractivity contribution in [3.05, 3.63) is 5.82 Å². The van der Waals surface area contributed by atoms with Crippen molar-refractivity contribution < 1.29 is 8.42 Å². The SMILES string of the molecule is CC(NCCS(N)(=O)=O)c1nn[nH]n1. The van der Waals surface area contributed by atoms with Crippen LogP contribution in [0.5, 0.6) is 0 Å². The molecule has 0 saturated carbocycles. The van der Waals surface area contributed by atoms with Gasteiger partial charge in [0.15, 0.2) is 5.82 Å². The van der Waals surface area contributed by atoms with Gasteiger partial charge in [0.25, 0.3) is 0 Å². The van der Waals surface area contributed by atoms with Crippen molar-refractivity contribution in [3.8, 4) is 0 Å². The molecule has 0 aliphatic rings. The third kappa shape index (κ3) is 3.77. The molecule has 14 heavy (non-hydrogen) atoms. The van der Waals surface area contributed by atoms with E-state index in [0.29, 0.717) is 5.82 Å². The number of nitrogens with two attached hydrogens (primary N) is 1. The molecule has 0 aromatic carbocycles. The smallest absolute Gasteiger partial charge is 0.210 e. The summed E-state index contributed by atoms with van der Waals surface area (Å²) in [6.45, 7) is 2.06. The summed E-state index contributed by atoms with van der Waals surface area (Å²) < 4.78 is 21.2. The molecule has 9 heteroatoms. The summed E-state index contributed by atoms with van der Waals surface area (Å²) in [5, 5.41) is 20.9. The highest BCUT2D eigenvalue weighted by Crippen LogP contribution is 2.01. The average molecular weight is 220 g/mol. The largest absolute Gasteiger partial charge is 0.306 e. The normalized spacial score (nSPS) is 14.1. The molecule has 1 rings (SSSR count). The molecular weight excluding hydrogens is 208 g/mol. The van der Waals surface area contributed by atoms with Gasteiger partial charge in [0.2, 0.25) is 10.0 Å². The van der Waals surface area contributed by atoms with Crippen LogP contribution in [0, 0.1) is 0 Å². The van der Waals surface area contributed by atoms with Gasteiger partial charge in [-0.1, -0.05) is 5.21 Å². The number of hydrogen-bond donors (Lipinski definition) is 3. The van der Waals surface area contributed by atoms with Crippen molar-refractivity contribution in [1.29, 1.82) is 0 Å². The molecule has 1 aromatic heterocycles. The number of nitrogens with zero attached hydrogens (tertiary/aromatic N) is 3. The van der Waals surface area contributed by atoms with Gasteiger partial charge in [0.05, 0.1) is 11.8 Å². The lowest BCUT2D eigenvalue weighted by Gasteiger charge is -2.08. The molecule has 80 valence electrons. The zero-order valence-corrected chi connectivity index (χ0v) is 8.45. The fourth-order valence-corrected chi connectivity index (χ4v) is 1.26. The zero-order valence-electron chi connectivity index (χ0n) is 7.64. The topological polar surface area (TPSA) is 127 Å². The fraction of sp³-hybridized carbons (Fsp3) is 0.800. The van der Waals surface area contributed by atoms with Gasteiger partial charge in [-0.25, -0.2) is 13.6 Å². The number of aromatic nitrogens is 4. The van der Waals surface area contributed by atoms with E-state index in [4.69, 9.17) is 5.14 Å². The Morgan fingerprint density at radius 3 is 2.86 bits per heavy atom. The van der Waals surface area contributed by atoms with Crippen molar-refractivity contribution >= 4 is 10.0 Å². The van der Waals surface area contributed by atoms with Gasteiger partial charge in [0, 0.05) is 6.54 Å². The van der Waals surface area contributed by atoms with Crippen molar-refractivity contribution in [2.75, 3.05) is 12.3 Å². The Morgan fingerprint density at radius 1 is 1.64 bits per heavy atom. The first-order valence-electron chi connectivity index (χ1n) is 3.96. The van der Waals surface area contributed by atoms with E-state index < -0.39 is 10.0 Å². The van der Waals surface area contributed by atoms with Gasteiger partial charge < -0.3 is 5.32 Å². The lowest BCUT2D eigenvalue weighted by atomic mass is 10.3. The summed E-state index contributed by atoms with van der Waals surface area (Å²) in [7, 11) is -3.42. The van der Waals surface area contributed by atoms with Gasteiger partial charge in [-0.15, -0.1) is 10.2 Å². The third-order valence-corrected chi connectivity index (χ3v) is 2.36. The number of rotatable bonds is 5. The maximum atomic E-state index is 10.6. The minimum Gasteiger partial charge on any atom is -0.306 e. The average Bonchev–Trinajstić information content (AvgIpc) is 2.53. The van der Waals surface area contributed by atoms with Crippen LogP contribution in [0.2, 0.25) is 0 Å². The van der Waals surface area contributed by atoms with E-state index in [1.165, 1.54) is 0 Å². The highest BCUT2D eigenvalue weighted by atomic mass is 32.2. The molecule has 0 bridgehead atoms. The second-order valence-electron chi connectivity index (χ2n) is 2.81. The van der Waals surface area contributed by atoms with E-state index in [1.807, 2.05) is 0 Å². The van der Waals surface area contributed by atoms with Gasteiger partial charge in [-0.2, -0.15) is 5.21 Å². The molecule has 0 spiro atoms. The van der Waals surface area contributed by atoms with Gasteiger partial charge >= 0.3 is 0 Å². The molecule has 1 aromatic rings. The predicted molar refractivity (Wildman–Crippen MR) is 48.6 cm³/mol. The number of tetrazole rings is 1. The van der Waals surface area contributed by atoms with Crippen LogP contribution in [-0.4, -0.2) is 41.3 Å². The van der Waals surface area contributed by atoms with Crippen LogP contribution in [-0.2, 0) is 10.0 Å². The molecule has 1 unspecified atom stereocenters. The first-order chi connectivity index (χ1) is 6.49. The molecule has 0 aliphatic carbocycles. The second-order valence-corrected chi connectivity index (χ2v) is 4.55. The fourth-order valence-electron chi connectivity index (χ4n) is 0.862. The summed E-state index contributed by atoms with van der Waals surface area (Å²) in [5.74, 6) is 0.370. The summed E-state index contributed by atoms with van der Waals surface area (Å²) in [6, 6.07) is -0.157. The second kappa shape index (κ2) is 4.44. The Labute approximate surface area is 81.3 Å². The molecule has 0 fully saturated rings. The van der Waals surface area contributed by atoms with Crippen LogP contribution in [0.1, 0.15) is 18.8 Å². The third-order valence-electron chi connectivity index (χ3n) is 1.59. The molecule has 8 nitrogen and oxygen atoms in total. The number of sulfonamides is 1. The van der Waals surface area contributed by atoms with Gasteiger partial charge in [0.1, 0.15) is 0 Å². The molecule has 0 aliphatic heterocycles. The lowest BCUT2D eigenvalue weighted by molar-refractivity contribution is 0.555. The summed E-state index contributed by atoms with van der Waals surface area (Å²) >= 11 is 0. The molecular formula is C5H12N6O2S. The van der Waals surface area contributed by atoms with Crippen LogP contribution >= 0.6 is 0 Å². The van der Waals surface area contributed by atoms with E-state index in [9.17, 15) is 8.42 Å². The van der Waals surface area contributed by atoms with Crippen molar-refractivity contribution in [1.82, 2.24) is 25.9 Å². The molecule has 0 saturated heterocycles. The Bertz CT molecular complexity index is 360. The molecule has 1 heterocycles. The maximum absolute atomic E-state index is 10.6. The van der Waals surface area contributed by atoms with Crippen LogP contribution in [0.3, 0.4) is 0 Å². The Kier molecular flexibility index (Phi) is 3.49. The summed E-state index contributed by atoms with van der Waals surface area (Å²) in [5.41, 5.74) is 0. The van der Waals surface area contributed by atoms with Crippen LogP contribution < -0.4 is 10.5 Å². The standard InChI is InChI=1S/C5H12N6O2S/c1-4(5-8-10-11-9-5)7-2-3-14(6,12)13/h4,7H,2-3H2,1H3,(H2,6,12,13)(H,8,9,10,11). The minimum atomic E-state index is -3.42. The van der Waals surface area contributed by atoms with Crippen molar-refractivity contribution in [2.24, 2.45) is 5.14 Å². The number of nitrogens with one attached hydrogen (secondary N) is 2. The van der Waals surface area contributed by atoms with Crippen LogP contribution in [0.25, 0.3) is 0 Å². The maximum Gasteiger partial charge on any atom is 0.210 e. The van der Waals surface area contributed by atoms with Gasteiger partial charge in [-0.05, 0) is 6.92 Å². The monoisotopic (exact) mass is 220 g/mol. The number of aromatic amines is 1. The van der Waals surface area contributed by atoms with Gasteiger partial charge in [-0.3, -0.25) is 0 Å². The van der Waals surface area contributed by atoms with Crippen LogP contribution in [0.15, 0.2) is 0 Å². The number of hydrogen-bond acceptors (Lipinski definition) is 6. The lowest BCUT2D eigenvalue weighted by Crippen LogP contribution is -2.29. The highest BCUT2D eigenvalue weighted by Gasteiger charge is 2.10. The van der Waals surface area contributed by atoms with E-state index in [0.717, 1.165) is 0 Å². The van der Waals surface area contributed by atoms with E-state index in [1.54, 1.807) is 6.92 Å². The first kappa shape index (κ1) is 11.0. The molecule has 0 amide bonds. The molecule has 0 radical (unpaired) electrons. The van der Waals surface area contributed by atoms with Crippen molar-refractivity contribution in [3.63, 3.8) is 0 Å². The Balaban J connectivity index is 2.33. The number of H-pyrrole nitrogens is 1. The molecule has 4 N–H and O–H groups in total. The summed E-state index contributed by atoms with van der Waals surface area (Å²) in [4.78, 5) is 0. The highest BCUT2D eigenvalue weighted by molar-refractivity contribution is 7.89. The molecule has 1 atom stereocenters. The van der Waals surface area contributed by atoms with E-state index in [-0.39, 0.29) is 18.3 Å². The van der Waals surface area contributed by atoms with E-state index in [2.05, 4.69) is 25.9 Å². The first-order valence-corrected chi connectivity index (χ1v) is 5.68. The van der Waals surface area contributed by atoms with E-state index >= 15 is 0 Å². The zero-order chi connectivity index (χ0) is 10.6. The summed E-state index contributed by atoms with van der Waals surface area (Å²) in [6.07, 6.45) is 0. The Morgan fingerprint density at radius 2 is 2.36 bits per heavy atom. The van der Waals surface area contributed by atoms with Crippen molar-refractivity contribution in [2.45, 2.75) is 13.0 Å². The Hall–Kier alpha value is -1.06. The minimum absolute atomic E-state index is 0.116. The predicted octanol–water partition coefficient (Wildman–Crippen LogP) is -1.86. The van der Waals surface area contributed by atoms with Crippen LogP contribution in [0.4, 0.5) is 0 Å². The quantitative estimate of drug-likeness (QED) is 0.534.